The number of rotatable bonds is 2. The maximum absolute atomic E-state index is 5.75. The largest absolute Gasteiger partial charge is 0.327 e. The van der Waals surface area contributed by atoms with Crippen molar-refractivity contribution < 1.29 is 0 Å². The number of nitrogens with zero attached hydrogens (tertiary/aromatic N) is 1. The summed E-state index contributed by atoms with van der Waals surface area (Å²) < 4.78 is 0. The second-order valence-electron chi connectivity index (χ2n) is 4.85. The SMILES string of the molecule is CC(N)CN1CC2(CCCC2)C1. The normalized spacial score (nSPS) is 30.5. The molecule has 0 bridgehead atoms. The monoisotopic (exact) mass is 168 g/mol. The molecule has 0 aromatic rings. The molecule has 1 spiro atoms. The summed E-state index contributed by atoms with van der Waals surface area (Å²) in [5.41, 5.74) is 6.49. The second kappa shape index (κ2) is 3.00. The van der Waals surface area contributed by atoms with E-state index in [4.69, 9.17) is 5.73 Å². The molecular formula is C10H20N2. The topological polar surface area (TPSA) is 29.3 Å². The molecule has 0 aromatic heterocycles. The molecule has 2 fully saturated rings. The molecule has 1 saturated heterocycles. The highest BCUT2D eigenvalue weighted by Crippen LogP contribution is 2.45. The Labute approximate surface area is 75.1 Å². The summed E-state index contributed by atoms with van der Waals surface area (Å²) in [6, 6.07) is 0.351. The predicted molar refractivity (Wildman–Crippen MR) is 51.0 cm³/mol. The van der Waals surface area contributed by atoms with Crippen molar-refractivity contribution in [3.8, 4) is 0 Å². The van der Waals surface area contributed by atoms with Gasteiger partial charge in [-0.15, -0.1) is 0 Å². The molecule has 1 aliphatic carbocycles. The molecule has 2 nitrogen and oxygen atoms in total. The fourth-order valence-corrected chi connectivity index (χ4v) is 2.88. The number of hydrogen-bond acceptors (Lipinski definition) is 2. The van der Waals surface area contributed by atoms with Gasteiger partial charge in [-0.3, -0.25) is 0 Å². The average Bonchev–Trinajstić information content (AvgIpc) is 2.33. The fourth-order valence-electron chi connectivity index (χ4n) is 2.88. The summed E-state index contributed by atoms with van der Waals surface area (Å²) in [4.78, 5) is 2.51. The van der Waals surface area contributed by atoms with E-state index in [2.05, 4.69) is 11.8 Å². The van der Waals surface area contributed by atoms with Crippen LogP contribution in [0.1, 0.15) is 32.6 Å². The molecule has 1 unspecified atom stereocenters. The predicted octanol–water partition coefficient (Wildman–Crippen LogP) is 1.21. The second-order valence-corrected chi connectivity index (χ2v) is 4.85. The van der Waals surface area contributed by atoms with Crippen molar-refractivity contribution in [2.75, 3.05) is 19.6 Å². The van der Waals surface area contributed by atoms with E-state index < -0.39 is 0 Å². The van der Waals surface area contributed by atoms with Crippen LogP contribution in [0.15, 0.2) is 0 Å². The molecular weight excluding hydrogens is 148 g/mol. The summed E-state index contributed by atoms with van der Waals surface area (Å²) >= 11 is 0. The Balaban J connectivity index is 1.75. The Morgan fingerprint density at radius 3 is 2.42 bits per heavy atom. The molecule has 1 aliphatic heterocycles. The lowest BCUT2D eigenvalue weighted by molar-refractivity contribution is 0.00346. The third-order valence-electron chi connectivity index (χ3n) is 3.33. The first-order chi connectivity index (χ1) is 5.70. The van der Waals surface area contributed by atoms with Crippen LogP contribution in [-0.2, 0) is 0 Å². The minimum absolute atomic E-state index is 0.351. The highest BCUT2D eigenvalue weighted by molar-refractivity contribution is 4.98. The Morgan fingerprint density at radius 1 is 1.33 bits per heavy atom. The molecule has 1 heterocycles. The average molecular weight is 168 g/mol. The van der Waals surface area contributed by atoms with Gasteiger partial charge in [0.05, 0.1) is 0 Å². The van der Waals surface area contributed by atoms with Gasteiger partial charge in [-0.2, -0.15) is 0 Å². The van der Waals surface area contributed by atoms with Gasteiger partial charge in [0, 0.05) is 25.7 Å². The van der Waals surface area contributed by atoms with Gasteiger partial charge in [-0.1, -0.05) is 12.8 Å². The Hall–Kier alpha value is -0.0800. The van der Waals surface area contributed by atoms with Crippen molar-refractivity contribution >= 4 is 0 Å². The molecule has 1 atom stereocenters. The van der Waals surface area contributed by atoms with Crippen LogP contribution in [0.3, 0.4) is 0 Å². The molecule has 0 amide bonds. The quantitative estimate of drug-likeness (QED) is 0.671. The van der Waals surface area contributed by atoms with Crippen LogP contribution < -0.4 is 5.73 Å². The number of likely N-dealkylation sites (tertiary alicyclic amines) is 1. The first kappa shape index (κ1) is 8.52. The molecule has 70 valence electrons. The van der Waals surface area contributed by atoms with E-state index in [0.717, 1.165) is 12.0 Å². The van der Waals surface area contributed by atoms with Crippen molar-refractivity contribution in [2.45, 2.75) is 38.6 Å². The Kier molecular flexibility index (Phi) is 2.13. The molecule has 2 heteroatoms. The fraction of sp³-hybridized carbons (Fsp3) is 1.00. The van der Waals surface area contributed by atoms with Crippen LogP contribution in [0.25, 0.3) is 0 Å². The Morgan fingerprint density at radius 2 is 1.92 bits per heavy atom. The lowest BCUT2D eigenvalue weighted by Crippen LogP contribution is -2.57. The van der Waals surface area contributed by atoms with E-state index in [1.54, 1.807) is 0 Å². The van der Waals surface area contributed by atoms with Crippen molar-refractivity contribution in [1.29, 1.82) is 0 Å². The standard InChI is InChI=1S/C10H20N2/c1-9(11)6-12-7-10(8-12)4-2-3-5-10/h9H,2-8,11H2,1H3. The minimum atomic E-state index is 0.351. The summed E-state index contributed by atoms with van der Waals surface area (Å²) in [5.74, 6) is 0. The van der Waals surface area contributed by atoms with Crippen molar-refractivity contribution in [3.63, 3.8) is 0 Å². The van der Waals surface area contributed by atoms with Gasteiger partial charge in [-0.25, -0.2) is 0 Å². The van der Waals surface area contributed by atoms with Crippen LogP contribution in [0, 0.1) is 5.41 Å². The van der Waals surface area contributed by atoms with Gasteiger partial charge in [-0.05, 0) is 25.2 Å². The van der Waals surface area contributed by atoms with E-state index in [1.807, 2.05) is 0 Å². The van der Waals surface area contributed by atoms with Gasteiger partial charge in [0.15, 0.2) is 0 Å². The highest BCUT2D eigenvalue weighted by Gasteiger charge is 2.44. The maximum atomic E-state index is 5.75. The van der Waals surface area contributed by atoms with Crippen LogP contribution >= 0.6 is 0 Å². The smallest absolute Gasteiger partial charge is 0.0139 e. The molecule has 0 aromatic carbocycles. The van der Waals surface area contributed by atoms with Gasteiger partial charge in [0.25, 0.3) is 0 Å². The van der Waals surface area contributed by atoms with Crippen molar-refractivity contribution in [2.24, 2.45) is 11.1 Å². The molecule has 2 rings (SSSR count). The van der Waals surface area contributed by atoms with Gasteiger partial charge in [0.2, 0.25) is 0 Å². The first-order valence-corrected chi connectivity index (χ1v) is 5.18. The lowest BCUT2D eigenvalue weighted by Gasteiger charge is -2.49. The third-order valence-corrected chi connectivity index (χ3v) is 3.33. The zero-order chi connectivity index (χ0) is 8.60. The van der Waals surface area contributed by atoms with Crippen LogP contribution in [-0.4, -0.2) is 30.6 Å². The maximum Gasteiger partial charge on any atom is 0.0139 e. The van der Waals surface area contributed by atoms with E-state index in [0.29, 0.717) is 6.04 Å². The highest BCUT2D eigenvalue weighted by atomic mass is 15.2. The molecule has 12 heavy (non-hydrogen) atoms. The molecule has 2 N–H and O–H groups in total. The third kappa shape index (κ3) is 1.50. The van der Waals surface area contributed by atoms with E-state index in [-0.39, 0.29) is 0 Å². The first-order valence-electron chi connectivity index (χ1n) is 5.18. The molecule has 0 radical (unpaired) electrons. The molecule has 2 aliphatic rings. The van der Waals surface area contributed by atoms with Gasteiger partial charge in [0.1, 0.15) is 0 Å². The summed E-state index contributed by atoms with van der Waals surface area (Å²) in [6.07, 6.45) is 5.88. The van der Waals surface area contributed by atoms with Crippen LogP contribution in [0.4, 0.5) is 0 Å². The lowest BCUT2D eigenvalue weighted by atomic mass is 9.78. The summed E-state index contributed by atoms with van der Waals surface area (Å²) in [6.45, 7) is 5.85. The van der Waals surface area contributed by atoms with E-state index >= 15 is 0 Å². The summed E-state index contributed by atoms with van der Waals surface area (Å²) in [5, 5.41) is 0. The van der Waals surface area contributed by atoms with Crippen LogP contribution in [0.2, 0.25) is 0 Å². The molecule has 1 saturated carbocycles. The number of nitrogens with two attached hydrogens (primary N) is 1. The minimum Gasteiger partial charge on any atom is -0.327 e. The van der Waals surface area contributed by atoms with Gasteiger partial charge >= 0.3 is 0 Å². The van der Waals surface area contributed by atoms with Gasteiger partial charge < -0.3 is 10.6 Å². The number of hydrogen-bond donors (Lipinski definition) is 1. The zero-order valence-electron chi connectivity index (χ0n) is 8.05. The van der Waals surface area contributed by atoms with E-state index in [9.17, 15) is 0 Å². The Bertz CT molecular complexity index is 151. The van der Waals surface area contributed by atoms with Crippen molar-refractivity contribution in [3.05, 3.63) is 0 Å². The van der Waals surface area contributed by atoms with E-state index in [1.165, 1.54) is 38.8 Å². The van der Waals surface area contributed by atoms with Crippen molar-refractivity contribution in [1.82, 2.24) is 4.90 Å². The summed E-state index contributed by atoms with van der Waals surface area (Å²) in [7, 11) is 0. The zero-order valence-corrected chi connectivity index (χ0v) is 8.05. The van der Waals surface area contributed by atoms with Crippen LogP contribution in [0.5, 0.6) is 0 Å².